The van der Waals surface area contributed by atoms with Gasteiger partial charge in [-0.3, -0.25) is 24.0 Å². The maximum absolute atomic E-state index is 14.1. The summed E-state index contributed by atoms with van der Waals surface area (Å²) in [6, 6.07) is 12.2. The number of aromatic nitrogens is 3. The maximum atomic E-state index is 14.1. The third kappa shape index (κ3) is 9.39. The molecule has 52 heavy (non-hydrogen) atoms. The molecular formula is C37H49N9O6. The summed E-state index contributed by atoms with van der Waals surface area (Å²) in [7, 11) is 0. The molecule has 1 fully saturated rings. The number of nitrogens with one attached hydrogen (secondary N) is 4. The standard InChI is InChI=1S/C37H49N9O6/c1-22(2)32-37(52)45-21-28(47)18-31(45)36(51)41-29(17-24-12-14-26(15-13-24)25-9-5-4-6-10-25)35(50)40-23(3)33(48)42-30(19-38)34(49)39-16-8-7-11-27-20-46(32)44-43-27/h4-6,9-10,12-15,20,22-23,28-32,47H,7-8,11,16-19,21,38H2,1-3H3,(H,39,49)(H,40,50)(H,41,51)(H,42,48)/t23-,28-,29-,30-,31+,32+/m1/s1. The van der Waals surface area contributed by atoms with Gasteiger partial charge in [0.2, 0.25) is 29.5 Å². The smallest absolute Gasteiger partial charge is 0.248 e. The number of fused-ring (bicyclic) bond motifs is 3. The van der Waals surface area contributed by atoms with Crippen LogP contribution in [0, 0.1) is 5.92 Å². The summed E-state index contributed by atoms with van der Waals surface area (Å²) in [5.74, 6) is -2.97. The van der Waals surface area contributed by atoms with Crippen LogP contribution in [-0.2, 0) is 36.8 Å². The molecule has 278 valence electrons. The minimum absolute atomic E-state index is 0.0214. The van der Waals surface area contributed by atoms with Gasteiger partial charge in [0.25, 0.3) is 0 Å². The molecule has 0 saturated carbocycles. The lowest BCUT2D eigenvalue weighted by atomic mass is 9.99. The van der Waals surface area contributed by atoms with Gasteiger partial charge in [-0.2, -0.15) is 0 Å². The lowest BCUT2D eigenvalue weighted by molar-refractivity contribution is -0.143. The lowest BCUT2D eigenvalue weighted by Crippen LogP contribution is -2.59. The number of rotatable bonds is 5. The molecule has 2 aromatic carbocycles. The second-order valence-electron chi connectivity index (χ2n) is 13.9. The fourth-order valence-corrected chi connectivity index (χ4v) is 6.59. The average Bonchev–Trinajstić information content (AvgIpc) is 3.76. The Labute approximate surface area is 303 Å². The van der Waals surface area contributed by atoms with E-state index in [4.69, 9.17) is 5.73 Å². The highest BCUT2D eigenvalue weighted by atomic mass is 16.3. The number of amides is 5. The molecule has 0 radical (unpaired) electrons. The number of aryl methyl sites for hydroxylation is 1. The van der Waals surface area contributed by atoms with E-state index in [0.29, 0.717) is 31.5 Å². The number of aliphatic hydroxyl groups excluding tert-OH is 1. The van der Waals surface area contributed by atoms with Crippen molar-refractivity contribution in [1.82, 2.24) is 41.2 Å². The Kier molecular flexibility index (Phi) is 12.7. The van der Waals surface area contributed by atoms with Crippen LogP contribution in [0.4, 0.5) is 0 Å². The molecule has 7 N–H and O–H groups in total. The summed E-state index contributed by atoms with van der Waals surface area (Å²) in [5.41, 5.74) is 9.21. The van der Waals surface area contributed by atoms with Crippen LogP contribution >= 0.6 is 0 Å². The van der Waals surface area contributed by atoms with Crippen LogP contribution in [-0.4, -0.2) is 104 Å². The van der Waals surface area contributed by atoms with Gasteiger partial charge in [-0.25, -0.2) is 4.68 Å². The first-order valence-electron chi connectivity index (χ1n) is 17.9. The second kappa shape index (κ2) is 17.4. The first-order valence-corrected chi connectivity index (χ1v) is 17.9. The van der Waals surface area contributed by atoms with Crippen molar-refractivity contribution in [2.24, 2.45) is 11.7 Å². The molecule has 5 amide bonds. The zero-order chi connectivity index (χ0) is 37.4. The third-order valence-corrected chi connectivity index (χ3v) is 9.51. The van der Waals surface area contributed by atoms with Gasteiger partial charge in [0.15, 0.2) is 0 Å². The van der Waals surface area contributed by atoms with Gasteiger partial charge in [0.1, 0.15) is 30.2 Å². The van der Waals surface area contributed by atoms with Crippen molar-refractivity contribution in [3.8, 4) is 11.1 Å². The maximum Gasteiger partial charge on any atom is 0.248 e. The van der Waals surface area contributed by atoms with Crippen molar-refractivity contribution < 1.29 is 29.1 Å². The first-order chi connectivity index (χ1) is 24.9. The predicted octanol–water partition coefficient (Wildman–Crippen LogP) is 0.232. The van der Waals surface area contributed by atoms with Gasteiger partial charge in [0.05, 0.1) is 11.8 Å². The third-order valence-electron chi connectivity index (χ3n) is 9.51. The van der Waals surface area contributed by atoms with E-state index in [1.165, 1.54) is 16.5 Å². The molecule has 2 aliphatic heterocycles. The Morgan fingerprint density at radius 3 is 2.25 bits per heavy atom. The molecule has 1 saturated heterocycles. The van der Waals surface area contributed by atoms with Crippen molar-refractivity contribution in [2.75, 3.05) is 19.6 Å². The van der Waals surface area contributed by atoms with E-state index in [2.05, 4.69) is 31.6 Å². The Morgan fingerprint density at radius 2 is 1.56 bits per heavy atom. The number of nitrogens with zero attached hydrogens (tertiary/aromatic N) is 4. The molecule has 5 rings (SSSR count). The Morgan fingerprint density at radius 1 is 0.865 bits per heavy atom. The molecule has 0 unspecified atom stereocenters. The van der Waals surface area contributed by atoms with Crippen LogP contribution in [0.1, 0.15) is 57.3 Å². The number of nitrogens with two attached hydrogens (primary N) is 1. The number of hydrogen-bond donors (Lipinski definition) is 6. The van der Waals surface area contributed by atoms with E-state index in [9.17, 15) is 29.1 Å². The van der Waals surface area contributed by atoms with E-state index in [1.54, 1.807) is 6.20 Å². The van der Waals surface area contributed by atoms with Gasteiger partial charge in [-0.15, -0.1) is 5.10 Å². The second-order valence-corrected chi connectivity index (χ2v) is 13.9. The minimum atomic E-state index is -1.16. The zero-order valence-corrected chi connectivity index (χ0v) is 29.8. The molecule has 6 atom stereocenters. The van der Waals surface area contributed by atoms with E-state index >= 15 is 0 Å². The molecule has 15 nitrogen and oxygen atoms in total. The van der Waals surface area contributed by atoms with Gasteiger partial charge < -0.3 is 37.0 Å². The number of hydrogen-bond acceptors (Lipinski definition) is 9. The van der Waals surface area contributed by atoms with Gasteiger partial charge in [-0.1, -0.05) is 73.7 Å². The largest absolute Gasteiger partial charge is 0.391 e. The summed E-state index contributed by atoms with van der Waals surface area (Å²) in [6.45, 7) is 5.33. The first kappa shape index (κ1) is 38.1. The SMILES string of the molecule is CC(C)[C@H]1C(=O)N2C[C@H](O)C[C@H]2C(=O)N[C@H](Cc2ccc(-c3ccccc3)cc2)C(=O)N[C@H](C)C(=O)N[C@H](CN)C(=O)NCCCCc2cn1nn2. The van der Waals surface area contributed by atoms with Crippen LogP contribution in [0.3, 0.4) is 0 Å². The Balaban J connectivity index is 1.44. The highest BCUT2D eigenvalue weighted by Crippen LogP contribution is 2.27. The molecule has 2 aliphatic rings. The van der Waals surface area contributed by atoms with Crippen LogP contribution < -0.4 is 27.0 Å². The molecule has 0 spiro atoms. The Bertz CT molecular complexity index is 1710. The number of benzene rings is 2. The van der Waals surface area contributed by atoms with Crippen molar-refractivity contribution in [2.45, 2.75) is 89.2 Å². The highest BCUT2D eigenvalue weighted by Gasteiger charge is 2.43. The monoisotopic (exact) mass is 715 g/mol. The zero-order valence-electron chi connectivity index (χ0n) is 29.8. The predicted molar refractivity (Wildman–Crippen MR) is 192 cm³/mol. The lowest BCUT2D eigenvalue weighted by Gasteiger charge is -2.30. The summed E-state index contributed by atoms with van der Waals surface area (Å²) in [4.78, 5) is 69.3. The number of carbonyl (C=O) groups is 5. The molecule has 1 aromatic heterocycles. The summed E-state index contributed by atoms with van der Waals surface area (Å²) in [5, 5.41) is 30.1. The van der Waals surface area contributed by atoms with Crippen molar-refractivity contribution in [1.29, 1.82) is 0 Å². The van der Waals surface area contributed by atoms with Gasteiger partial charge in [-0.05, 0) is 48.8 Å². The molecule has 3 heterocycles. The van der Waals surface area contributed by atoms with Crippen molar-refractivity contribution in [3.63, 3.8) is 0 Å². The van der Waals surface area contributed by atoms with Crippen LogP contribution in [0.2, 0.25) is 0 Å². The van der Waals surface area contributed by atoms with Gasteiger partial charge >= 0.3 is 0 Å². The molecule has 3 aromatic rings. The van der Waals surface area contributed by atoms with Crippen LogP contribution in [0.5, 0.6) is 0 Å². The van der Waals surface area contributed by atoms with Crippen molar-refractivity contribution >= 4 is 29.5 Å². The van der Waals surface area contributed by atoms with E-state index in [-0.39, 0.29) is 31.8 Å². The van der Waals surface area contributed by atoms with Crippen LogP contribution in [0.25, 0.3) is 11.1 Å². The molecule has 15 heteroatoms. The van der Waals surface area contributed by atoms with E-state index in [0.717, 1.165) is 16.7 Å². The minimum Gasteiger partial charge on any atom is -0.391 e. The molecular weight excluding hydrogens is 666 g/mol. The van der Waals surface area contributed by atoms with E-state index in [1.807, 2.05) is 68.4 Å². The quantitative estimate of drug-likeness (QED) is 0.213. The number of aliphatic hydroxyl groups is 1. The highest BCUT2D eigenvalue weighted by molar-refractivity contribution is 5.96. The van der Waals surface area contributed by atoms with E-state index < -0.39 is 65.8 Å². The number of carbonyl (C=O) groups excluding carboxylic acids is 5. The van der Waals surface area contributed by atoms with Gasteiger partial charge in [0, 0.05) is 38.7 Å². The summed E-state index contributed by atoms with van der Waals surface area (Å²) in [6.07, 6.45) is 2.62. The average molecular weight is 716 g/mol. The van der Waals surface area contributed by atoms with Crippen molar-refractivity contribution in [3.05, 3.63) is 72.1 Å². The summed E-state index contributed by atoms with van der Waals surface area (Å²) >= 11 is 0. The molecule has 0 aliphatic carbocycles. The topological polar surface area (TPSA) is 214 Å². The normalized spacial score (nSPS) is 25.7. The fourth-order valence-electron chi connectivity index (χ4n) is 6.59. The fraction of sp³-hybridized carbons (Fsp3) is 0.486. The Hall–Kier alpha value is -5.15. The van der Waals surface area contributed by atoms with Crippen LogP contribution in [0.15, 0.2) is 60.8 Å². The molecule has 2 bridgehead atoms. The summed E-state index contributed by atoms with van der Waals surface area (Å²) < 4.78 is 1.50.